The SMILES string of the molecule is N#CC1=C(Cl)C(Cl)=CC(=O)C1=O. The summed E-state index contributed by atoms with van der Waals surface area (Å²) in [5.74, 6) is -1.73. The van der Waals surface area contributed by atoms with Gasteiger partial charge in [0, 0.05) is 6.08 Å². The minimum atomic E-state index is -0.910. The van der Waals surface area contributed by atoms with Gasteiger partial charge in [-0.3, -0.25) is 9.59 Å². The Kier molecular flexibility index (Phi) is 2.32. The van der Waals surface area contributed by atoms with Crippen LogP contribution in [0.1, 0.15) is 0 Å². The molecule has 3 nitrogen and oxygen atoms in total. The largest absolute Gasteiger partial charge is 0.285 e. The van der Waals surface area contributed by atoms with Crippen molar-refractivity contribution in [2.45, 2.75) is 0 Å². The molecule has 0 aromatic carbocycles. The topological polar surface area (TPSA) is 57.9 Å². The zero-order valence-corrected chi connectivity index (χ0v) is 7.11. The Morgan fingerprint density at radius 1 is 1.33 bits per heavy atom. The molecule has 0 saturated carbocycles. The van der Waals surface area contributed by atoms with Crippen LogP contribution in [0.2, 0.25) is 0 Å². The summed E-state index contributed by atoms with van der Waals surface area (Å²) in [7, 11) is 0. The van der Waals surface area contributed by atoms with Crippen molar-refractivity contribution < 1.29 is 9.59 Å². The highest BCUT2D eigenvalue weighted by molar-refractivity contribution is 6.57. The van der Waals surface area contributed by atoms with Gasteiger partial charge >= 0.3 is 0 Å². The van der Waals surface area contributed by atoms with E-state index in [1.54, 1.807) is 0 Å². The van der Waals surface area contributed by atoms with Crippen LogP contribution in [0.3, 0.4) is 0 Å². The molecular formula is C7HCl2NO2. The summed E-state index contributed by atoms with van der Waals surface area (Å²) in [4.78, 5) is 21.7. The van der Waals surface area contributed by atoms with Crippen LogP contribution in [-0.2, 0) is 9.59 Å². The Balaban J connectivity index is 3.33. The van der Waals surface area contributed by atoms with Gasteiger partial charge in [-0.25, -0.2) is 0 Å². The molecule has 5 heteroatoms. The van der Waals surface area contributed by atoms with E-state index in [9.17, 15) is 9.59 Å². The molecular weight excluding hydrogens is 201 g/mol. The summed E-state index contributed by atoms with van der Waals surface area (Å²) in [6, 6.07) is 1.52. The van der Waals surface area contributed by atoms with E-state index in [4.69, 9.17) is 28.5 Å². The second-order valence-corrected chi connectivity index (χ2v) is 2.77. The summed E-state index contributed by atoms with van der Waals surface area (Å²) in [6.45, 7) is 0. The van der Waals surface area contributed by atoms with Crippen LogP contribution in [0.15, 0.2) is 21.7 Å². The van der Waals surface area contributed by atoms with Crippen molar-refractivity contribution in [1.29, 1.82) is 5.26 Å². The molecule has 0 atom stereocenters. The Hall–Kier alpha value is -1.11. The Labute approximate surface area is 77.9 Å². The number of nitriles is 1. The number of ketones is 2. The Morgan fingerprint density at radius 2 is 1.92 bits per heavy atom. The van der Waals surface area contributed by atoms with Crippen LogP contribution < -0.4 is 0 Å². The fourth-order valence-electron chi connectivity index (χ4n) is 0.686. The van der Waals surface area contributed by atoms with E-state index >= 15 is 0 Å². The summed E-state index contributed by atoms with van der Waals surface area (Å²) in [6.07, 6.45) is 0.896. The molecule has 0 bridgehead atoms. The first-order chi connectivity index (χ1) is 5.57. The van der Waals surface area contributed by atoms with Crippen LogP contribution in [0.4, 0.5) is 0 Å². The normalized spacial score (nSPS) is 17.6. The molecule has 0 N–H and O–H groups in total. The summed E-state index contributed by atoms with van der Waals surface area (Å²) < 4.78 is 0. The molecule has 0 fully saturated rings. The van der Waals surface area contributed by atoms with Crippen molar-refractivity contribution in [2.75, 3.05) is 0 Å². The number of halogens is 2. The fourth-order valence-corrected chi connectivity index (χ4v) is 1.06. The number of carbonyl (C=O) groups is 2. The van der Waals surface area contributed by atoms with Crippen molar-refractivity contribution in [2.24, 2.45) is 0 Å². The lowest BCUT2D eigenvalue weighted by Gasteiger charge is -2.04. The molecule has 0 heterocycles. The first-order valence-electron chi connectivity index (χ1n) is 2.84. The molecule has 0 aromatic rings. The van der Waals surface area contributed by atoms with Gasteiger partial charge in [-0.2, -0.15) is 5.26 Å². The van der Waals surface area contributed by atoms with Crippen molar-refractivity contribution in [1.82, 2.24) is 0 Å². The lowest BCUT2D eigenvalue weighted by Crippen LogP contribution is -2.18. The van der Waals surface area contributed by atoms with Crippen molar-refractivity contribution in [3.05, 3.63) is 21.7 Å². The molecule has 0 aliphatic heterocycles. The minimum absolute atomic E-state index is 0.0715. The smallest absolute Gasteiger partial charge is 0.245 e. The average molecular weight is 202 g/mol. The van der Waals surface area contributed by atoms with E-state index in [1.807, 2.05) is 0 Å². The second-order valence-electron chi connectivity index (χ2n) is 1.99. The van der Waals surface area contributed by atoms with Gasteiger partial charge in [-0.05, 0) is 0 Å². The zero-order chi connectivity index (χ0) is 9.30. The number of hydrogen-bond acceptors (Lipinski definition) is 3. The third kappa shape index (κ3) is 1.27. The third-order valence-electron chi connectivity index (χ3n) is 1.25. The van der Waals surface area contributed by atoms with Crippen molar-refractivity contribution in [3.8, 4) is 6.07 Å². The number of rotatable bonds is 0. The van der Waals surface area contributed by atoms with Crippen LogP contribution in [0, 0.1) is 11.3 Å². The molecule has 0 saturated heterocycles. The number of carbonyl (C=O) groups excluding carboxylic acids is 2. The zero-order valence-electron chi connectivity index (χ0n) is 5.60. The predicted molar refractivity (Wildman–Crippen MR) is 42.4 cm³/mol. The summed E-state index contributed by atoms with van der Waals surface area (Å²) in [5, 5.41) is 8.18. The molecule has 1 rings (SSSR count). The van der Waals surface area contributed by atoms with Crippen LogP contribution in [-0.4, -0.2) is 11.6 Å². The van der Waals surface area contributed by atoms with Gasteiger partial charge in [0.15, 0.2) is 0 Å². The lowest BCUT2D eigenvalue weighted by atomic mass is 10.0. The van der Waals surface area contributed by atoms with E-state index in [1.165, 1.54) is 6.07 Å². The van der Waals surface area contributed by atoms with Gasteiger partial charge in [0.1, 0.15) is 11.6 Å². The monoisotopic (exact) mass is 201 g/mol. The maximum atomic E-state index is 10.9. The molecule has 0 aromatic heterocycles. The average Bonchev–Trinajstić information content (AvgIpc) is 2.02. The number of hydrogen-bond donors (Lipinski definition) is 0. The van der Waals surface area contributed by atoms with E-state index in [-0.39, 0.29) is 10.1 Å². The van der Waals surface area contributed by atoms with Gasteiger partial charge < -0.3 is 0 Å². The highest BCUT2D eigenvalue weighted by Crippen LogP contribution is 2.26. The minimum Gasteiger partial charge on any atom is -0.285 e. The molecule has 1 aliphatic carbocycles. The molecule has 60 valence electrons. The van der Waals surface area contributed by atoms with E-state index < -0.39 is 17.1 Å². The maximum absolute atomic E-state index is 10.9. The Morgan fingerprint density at radius 3 is 2.42 bits per heavy atom. The van der Waals surface area contributed by atoms with Crippen LogP contribution >= 0.6 is 23.2 Å². The van der Waals surface area contributed by atoms with Gasteiger partial charge in [-0.15, -0.1) is 0 Å². The first kappa shape index (κ1) is 8.98. The molecule has 1 aliphatic rings. The number of allylic oxidation sites excluding steroid dienone is 4. The van der Waals surface area contributed by atoms with Gasteiger partial charge in [0.05, 0.1) is 10.1 Å². The molecule has 0 spiro atoms. The molecule has 0 radical (unpaired) electrons. The van der Waals surface area contributed by atoms with E-state index in [0.29, 0.717) is 0 Å². The maximum Gasteiger partial charge on any atom is 0.245 e. The van der Waals surface area contributed by atoms with E-state index in [0.717, 1.165) is 6.08 Å². The van der Waals surface area contributed by atoms with Crippen molar-refractivity contribution >= 4 is 34.8 Å². The molecule has 0 amide bonds. The standard InChI is InChI=1S/C7HCl2NO2/c8-4-1-5(11)7(12)3(2-10)6(4)9/h1H. The van der Waals surface area contributed by atoms with E-state index in [2.05, 4.69) is 0 Å². The predicted octanol–water partition coefficient (Wildman–Crippen LogP) is 1.28. The molecule has 12 heavy (non-hydrogen) atoms. The van der Waals surface area contributed by atoms with Gasteiger partial charge in [0.2, 0.25) is 11.6 Å². The number of nitrogens with zero attached hydrogens (tertiary/aromatic N) is 1. The second kappa shape index (κ2) is 3.10. The third-order valence-corrected chi connectivity index (χ3v) is 2.04. The van der Waals surface area contributed by atoms with Gasteiger partial charge in [-0.1, -0.05) is 23.2 Å². The van der Waals surface area contributed by atoms with Crippen LogP contribution in [0.5, 0.6) is 0 Å². The first-order valence-corrected chi connectivity index (χ1v) is 3.59. The molecule has 0 unspecified atom stereocenters. The highest BCUT2D eigenvalue weighted by Gasteiger charge is 2.26. The fraction of sp³-hybridized carbons (Fsp3) is 0. The van der Waals surface area contributed by atoms with Gasteiger partial charge in [0.25, 0.3) is 0 Å². The summed E-state index contributed by atoms with van der Waals surface area (Å²) >= 11 is 10.9. The summed E-state index contributed by atoms with van der Waals surface area (Å²) in [5.41, 5.74) is -0.394. The van der Waals surface area contributed by atoms with Crippen LogP contribution in [0.25, 0.3) is 0 Å². The number of Topliss-reactive ketones (excluding diaryl/α,β-unsaturated/α-hetero) is 1. The quantitative estimate of drug-likeness (QED) is 0.439. The van der Waals surface area contributed by atoms with Crippen molar-refractivity contribution in [3.63, 3.8) is 0 Å². The highest BCUT2D eigenvalue weighted by atomic mass is 35.5. The lowest BCUT2D eigenvalue weighted by molar-refractivity contribution is -0.131. The Bertz CT molecular complexity index is 373.